The van der Waals surface area contributed by atoms with Crippen molar-refractivity contribution in [1.29, 1.82) is 0 Å². The highest BCUT2D eigenvalue weighted by Crippen LogP contribution is 2.04. The average Bonchev–Trinajstić information content (AvgIpc) is 1.87. The second-order valence-electron chi connectivity index (χ2n) is 2.44. The van der Waals surface area contributed by atoms with Crippen molar-refractivity contribution in [2.75, 3.05) is 6.61 Å². The first-order valence-electron chi connectivity index (χ1n) is 4.03. The first-order valence-corrected chi connectivity index (χ1v) is 4.03. The normalized spacial score (nSPS) is 9.27. The number of hydrogen-bond donors (Lipinski definition) is 0. The van der Waals surface area contributed by atoms with Gasteiger partial charge in [-0.1, -0.05) is 13.5 Å². The van der Waals surface area contributed by atoms with E-state index < -0.39 is 0 Å². The number of hydrogen-bond acceptors (Lipinski definition) is 2. The van der Waals surface area contributed by atoms with Gasteiger partial charge < -0.3 is 4.74 Å². The first kappa shape index (κ1) is 10.2. The van der Waals surface area contributed by atoms with E-state index in [1.54, 1.807) is 0 Å². The molecule has 0 aliphatic heterocycles. The number of rotatable bonds is 6. The van der Waals surface area contributed by atoms with E-state index >= 15 is 0 Å². The third-order valence-electron chi connectivity index (χ3n) is 1.27. The SMILES string of the molecule is C=C(CC(=O)CCC)OCC. The fourth-order valence-electron chi connectivity index (χ4n) is 0.842. The second kappa shape index (κ2) is 5.96. The summed E-state index contributed by atoms with van der Waals surface area (Å²) < 4.78 is 5.04. The molecule has 0 N–H and O–H groups in total. The van der Waals surface area contributed by atoms with Crippen LogP contribution in [-0.4, -0.2) is 12.4 Å². The molecule has 2 nitrogen and oxygen atoms in total. The van der Waals surface area contributed by atoms with Crippen molar-refractivity contribution < 1.29 is 9.53 Å². The molecule has 64 valence electrons. The van der Waals surface area contributed by atoms with Crippen LogP contribution in [-0.2, 0) is 9.53 Å². The van der Waals surface area contributed by atoms with E-state index in [1.807, 2.05) is 13.8 Å². The van der Waals surface area contributed by atoms with Gasteiger partial charge in [-0.2, -0.15) is 0 Å². The largest absolute Gasteiger partial charge is 0.498 e. The molecule has 0 aliphatic rings. The molecule has 0 saturated carbocycles. The average molecular weight is 156 g/mol. The Bertz CT molecular complexity index is 122. The van der Waals surface area contributed by atoms with Gasteiger partial charge in [-0.15, -0.1) is 0 Å². The molecule has 0 radical (unpaired) electrons. The van der Waals surface area contributed by atoms with Crippen LogP contribution in [0.3, 0.4) is 0 Å². The number of carbonyl (C=O) groups is 1. The van der Waals surface area contributed by atoms with Crippen molar-refractivity contribution in [1.82, 2.24) is 0 Å². The second-order valence-corrected chi connectivity index (χ2v) is 2.44. The molecule has 0 unspecified atom stereocenters. The molecule has 0 saturated heterocycles. The molecule has 0 aromatic heterocycles. The van der Waals surface area contributed by atoms with Gasteiger partial charge in [0.1, 0.15) is 5.78 Å². The summed E-state index contributed by atoms with van der Waals surface area (Å²) in [4.78, 5) is 11.0. The van der Waals surface area contributed by atoms with Crippen LogP contribution in [0.15, 0.2) is 12.3 Å². The van der Waals surface area contributed by atoms with Crippen molar-refractivity contribution in [3.63, 3.8) is 0 Å². The third kappa shape index (κ3) is 5.64. The van der Waals surface area contributed by atoms with Gasteiger partial charge in [-0.3, -0.25) is 4.79 Å². The van der Waals surface area contributed by atoms with Gasteiger partial charge in [0.15, 0.2) is 0 Å². The standard InChI is InChI=1S/C9H16O2/c1-4-6-9(10)7-8(3)11-5-2/h3-7H2,1-2H3. The van der Waals surface area contributed by atoms with Crippen molar-refractivity contribution in [2.24, 2.45) is 0 Å². The fourth-order valence-corrected chi connectivity index (χ4v) is 0.842. The summed E-state index contributed by atoms with van der Waals surface area (Å²) in [7, 11) is 0. The summed E-state index contributed by atoms with van der Waals surface area (Å²) in [6, 6.07) is 0. The lowest BCUT2D eigenvalue weighted by Gasteiger charge is -2.04. The zero-order valence-corrected chi connectivity index (χ0v) is 7.35. The Morgan fingerprint density at radius 2 is 2.09 bits per heavy atom. The van der Waals surface area contributed by atoms with Crippen LogP contribution >= 0.6 is 0 Å². The molecule has 0 amide bonds. The van der Waals surface area contributed by atoms with Crippen LogP contribution in [0.25, 0.3) is 0 Å². The van der Waals surface area contributed by atoms with Gasteiger partial charge >= 0.3 is 0 Å². The van der Waals surface area contributed by atoms with Crippen LogP contribution in [0.1, 0.15) is 33.1 Å². The maximum absolute atomic E-state index is 11.0. The summed E-state index contributed by atoms with van der Waals surface area (Å²) in [6.07, 6.45) is 1.91. The van der Waals surface area contributed by atoms with Crippen LogP contribution in [0, 0.1) is 0 Å². The summed E-state index contributed by atoms with van der Waals surface area (Å²) in [5, 5.41) is 0. The predicted octanol–water partition coefficient (Wildman–Crippen LogP) is 2.30. The molecular formula is C9H16O2. The van der Waals surface area contributed by atoms with Crippen molar-refractivity contribution >= 4 is 5.78 Å². The zero-order valence-electron chi connectivity index (χ0n) is 7.35. The molecule has 0 rings (SSSR count). The Balaban J connectivity index is 3.49. The fraction of sp³-hybridized carbons (Fsp3) is 0.667. The number of carbonyl (C=O) groups excluding carboxylic acids is 1. The highest BCUT2D eigenvalue weighted by atomic mass is 16.5. The summed E-state index contributed by atoms with van der Waals surface area (Å²) in [5.41, 5.74) is 0. The minimum Gasteiger partial charge on any atom is -0.498 e. The van der Waals surface area contributed by atoms with Gasteiger partial charge in [0.2, 0.25) is 0 Å². The van der Waals surface area contributed by atoms with Crippen LogP contribution in [0.4, 0.5) is 0 Å². The lowest BCUT2D eigenvalue weighted by atomic mass is 10.2. The van der Waals surface area contributed by atoms with Crippen LogP contribution < -0.4 is 0 Å². The molecule has 0 atom stereocenters. The molecule has 0 heterocycles. The van der Waals surface area contributed by atoms with E-state index in [4.69, 9.17) is 4.74 Å². The Labute approximate surface area is 68.2 Å². The van der Waals surface area contributed by atoms with Crippen LogP contribution in [0.2, 0.25) is 0 Å². The van der Waals surface area contributed by atoms with E-state index in [0.717, 1.165) is 6.42 Å². The predicted molar refractivity (Wildman–Crippen MR) is 45.3 cm³/mol. The number of allylic oxidation sites excluding steroid dienone is 1. The summed E-state index contributed by atoms with van der Waals surface area (Å²) >= 11 is 0. The quantitative estimate of drug-likeness (QED) is 0.551. The minimum absolute atomic E-state index is 0.214. The van der Waals surface area contributed by atoms with Crippen molar-refractivity contribution in [3.05, 3.63) is 12.3 Å². The van der Waals surface area contributed by atoms with Gasteiger partial charge in [-0.25, -0.2) is 0 Å². The highest BCUT2D eigenvalue weighted by molar-refractivity contribution is 5.80. The summed E-state index contributed by atoms with van der Waals surface area (Å²) in [6.45, 7) is 8.09. The van der Waals surface area contributed by atoms with Gasteiger partial charge in [-0.05, 0) is 13.3 Å². The van der Waals surface area contributed by atoms with Gasteiger partial charge in [0.05, 0.1) is 18.8 Å². The maximum atomic E-state index is 11.0. The van der Waals surface area contributed by atoms with Crippen LogP contribution in [0.5, 0.6) is 0 Å². The Kier molecular flexibility index (Phi) is 5.53. The van der Waals surface area contributed by atoms with E-state index in [1.165, 1.54) is 0 Å². The number of Topliss-reactive ketones (excluding diaryl/α,β-unsaturated/α-hetero) is 1. The van der Waals surface area contributed by atoms with Gasteiger partial charge in [0, 0.05) is 6.42 Å². The summed E-state index contributed by atoms with van der Waals surface area (Å²) in [5.74, 6) is 0.803. The Hall–Kier alpha value is -0.790. The minimum atomic E-state index is 0.214. The third-order valence-corrected chi connectivity index (χ3v) is 1.27. The Morgan fingerprint density at radius 3 is 2.55 bits per heavy atom. The van der Waals surface area contributed by atoms with Gasteiger partial charge in [0.25, 0.3) is 0 Å². The lowest BCUT2D eigenvalue weighted by Crippen LogP contribution is -2.00. The number of ether oxygens (including phenoxy) is 1. The zero-order chi connectivity index (χ0) is 8.69. The maximum Gasteiger partial charge on any atom is 0.140 e. The van der Waals surface area contributed by atoms with Crippen molar-refractivity contribution in [3.8, 4) is 0 Å². The molecular weight excluding hydrogens is 140 g/mol. The monoisotopic (exact) mass is 156 g/mol. The van der Waals surface area contributed by atoms with E-state index in [2.05, 4.69) is 6.58 Å². The van der Waals surface area contributed by atoms with E-state index in [-0.39, 0.29) is 5.78 Å². The lowest BCUT2D eigenvalue weighted by molar-refractivity contribution is -0.119. The molecule has 0 spiro atoms. The number of ketones is 1. The molecule has 2 heteroatoms. The molecule has 0 aliphatic carbocycles. The topological polar surface area (TPSA) is 26.3 Å². The van der Waals surface area contributed by atoms with E-state index in [0.29, 0.717) is 25.2 Å². The molecule has 0 bridgehead atoms. The highest BCUT2D eigenvalue weighted by Gasteiger charge is 2.02. The Morgan fingerprint density at radius 1 is 1.45 bits per heavy atom. The molecule has 11 heavy (non-hydrogen) atoms. The molecule has 0 aromatic carbocycles. The van der Waals surface area contributed by atoms with E-state index in [9.17, 15) is 4.79 Å². The smallest absolute Gasteiger partial charge is 0.140 e. The molecule has 0 fully saturated rings. The van der Waals surface area contributed by atoms with Crippen molar-refractivity contribution in [2.45, 2.75) is 33.1 Å². The molecule has 0 aromatic rings. The first-order chi connectivity index (χ1) is 5.20.